The molecule has 7 nitrogen and oxygen atoms in total. The van der Waals surface area contributed by atoms with E-state index < -0.39 is 21.0 Å². The second-order valence-corrected chi connectivity index (χ2v) is 9.59. The lowest BCUT2D eigenvalue weighted by molar-refractivity contribution is -0.139. The number of hydrogen-bond donors (Lipinski definition) is 1. The molecule has 0 saturated carbocycles. The Bertz CT molecular complexity index is 1040. The monoisotopic (exact) mass is 414 g/mol. The van der Waals surface area contributed by atoms with Gasteiger partial charge in [0.1, 0.15) is 0 Å². The summed E-state index contributed by atoms with van der Waals surface area (Å²) in [5.41, 5.74) is 1.32. The molecule has 0 aliphatic carbocycles. The highest BCUT2D eigenvalue weighted by Crippen LogP contribution is 2.22. The second kappa shape index (κ2) is 8.16. The van der Waals surface area contributed by atoms with Gasteiger partial charge >= 0.3 is 0 Å². The molecular formula is C21H22N2O5S. The van der Waals surface area contributed by atoms with Crippen LogP contribution in [-0.4, -0.2) is 36.3 Å². The Labute approximate surface area is 169 Å². The van der Waals surface area contributed by atoms with Crippen molar-refractivity contribution >= 4 is 33.2 Å². The lowest BCUT2D eigenvalue weighted by atomic mass is 10.1. The van der Waals surface area contributed by atoms with Gasteiger partial charge in [-0.05, 0) is 43.7 Å². The Morgan fingerprint density at radius 1 is 1.00 bits per heavy atom. The van der Waals surface area contributed by atoms with Crippen LogP contribution >= 0.6 is 0 Å². The Balaban J connectivity index is 1.75. The number of rotatable bonds is 6. The summed E-state index contributed by atoms with van der Waals surface area (Å²) in [5, 5.41) is 2.05. The van der Waals surface area contributed by atoms with Crippen LogP contribution < -0.4 is 5.32 Å². The normalized spacial score (nSPS) is 14.5. The van der Waals surface area contributed by atoms with Gasteiger partial charge in [0.25, 0.3) is 5.91 Å². The van der Waals surface area contributed by atoms with Crippen molar-refractivity contribution in [2.75, 3.05) is 5.32 Å². The number of carbonyl (C=O) groups is 3. The van der Waals surface area contributed by atoms with E-state index in [2.05, 4.69) is 5.32 Å². The van der Waals surface area contributed by atoms with E-state index in [1.807, 2.05) is 0 Å². The summed E-state index contributed by atoms with van der Waals surface area (Å²) in [6.07, 6.45) is 0.483. The first-order valence-electron chi connectivity index (χ1n) is 9.26. The predicted molar refractivity (Wildman–Crippen MR) is 108 cm³/mol. The molecule has 2 aromatic carbocycles. The molecule has 1 aliphatic rings. The minimum atomic E-state index is -3.61. The van der Waals surface area contributed by atoms with Crippen molar-refractivity contribution in [1.29, 1.82) is 0 Å². The van der Waals surface area contributed by atoms with Crippen molar-refractivity contribution in [3.05, 3.63) is 59.7 Å². The van der Waals surface area contributed by atoms with E-state index in [1.54, 1.807) is 50.2 Å². The van der Waals surface area contributed by atoms with E-state index in [1.165, 1.54) is 17.0 Å². The number of benzene rings is 2. The van der Waals surface area contributed by atoms with Crippen molar-refractivity contribution in [3.8, 4) is 0 Å². The van der Waals surface area contributed by atoms with E-state index in [0.717, 1.165) is 5.56 Å². The standard InChI is InChI=1S/C21H22N2O5S/c1-14(2)29(27,28)18-6-4-3-5-17(18)21(26)22-16-9-7-15(8-10-16)13-23-19(24)11-12-20(23)25/h3-10,14H,11-13H2,1-2H3,(H,22,26). The van der Waals surface area contributed by atoms with Crippen LogP contribution in [0.5, 0.6) is 0 Å². The summed E-state index contributed by atoms with van der Waals surface area (Å²) < 4.78 is 25.1. The highest BCUT2D eigenvalue weighted by molar-refractivity contribution is 7.92. The highest BCUT2D eigenvalue weighted by Gasteiger charge is 2.28. The van der Waals surface area contributed by atoms with Crippen LogP contribution in [0.25, 0.3) is 0 Å². The predicted octanol–water partition coefficient (Wildman–Crippen LogP) is 2.77. The van der Waals surface area contributed by atoms with Crippen LogP contribution in [0.2, 0.25) is 0 Å². The molecule has 2 aromatic rings. The number of sulfone groups is 1. The number of nitrogens with zero attached hydrogens (tertiary/aromatic N) is 1. The number of nitrogens with one attached hydrogen (secondary N) is 1. The molecule has 0 aromatic heterocycles. The van der Waals surface area contributed by atoms with Gasteiger partial charge in [0.2, 0.25) is 11.8 Å². The summed E-state index contributed by atoms with van der Waals surface area (Å²) in [6.45, 7) is 3.33. The maximum absolute atomic E-state index is 12.7. The van der Waals surface area contributed by atoms with Gasteiger partial charge < -0.3 is 5.32 Å². The third kappa shape index (κ3) is 4.37. The van der Waals surface area contributed by atoms with Gasteiger partial charge in [0.15, 0.2) is 9.84 Å². The lowest BCUT2D eigenvalue weighted by Crippen LogP contribution is -2.28. The fourth-order valence-corrected chi connectivity index (χ4v) is 4.27. The fourth-order valence-electron chi connectivity index (χ4n) is 3.03. The smallest absolute Gasteiger partial charge is 0.256 e. The van der Waals surface area contributed by atoms with Gasteiger partial charge in [-0.3, -0.25) is 19.3 Å². The lowest BCUT2D eigenvalue weighted by Gasteiger charge is -2.15. The van der Waals surface area contributed by atoms with Gasteiger partial charge in [-0.15, -0.1) is 0 Å². The first kappa shape index (κ1) is 20.7. The van der Waals surface area contributed by atoms with E-state index >= 15 is 0 Å². The number of imide groups is 1. The Morgan fingerprint density at radius 3 is 2.17 bits per heavy atom. The van der Waals surface area contributed by atoms with Crippen molar-refractivity contribution in [2.24, 2.45) is 0 Å². The topological polar surface area (TPSA) is 101 Å². The molecule has 8 heteroatoms. The zero-order valence-corrected chi connectivity index (χ0v) is 17.0. The minimum absolute atomic E-state index is 0.00446. The summed E-state index contributed by atoms with van der Waals surface area (Å²) in [6, 6.07) is 12.8. The molecule has 0 atom stereocenters. The minimum Gasteiger partial charge on any atom is -0.322 e. The second-order valence-electron chi connectivity index (χ2n) is 7.11. The highest BCUT2D eigenvalue weighted by atomic mass is 32.2. The van der Waals surface area contributed by atoms with Gasteiger partial charge in [-0.25, -0.2) is 8.42 Å². The van der Waals surface area contributed by atoms with E-state index in [4.69, 9.17) is 0 Å². The van der Waals surface area contributed by atoms with Crippen molar-refractivity contribution in [3.63, 3.8) is 0 Å². The van der Waals surface area contributed by atoms with E-state index in [-0.39, 0.29) is 41.7 Å². The van der Waals surface area contributed by atoms with Crippen LogP contribution in [0.4, 0.5) is 5.69 Å². The molecule has 1 aliphatic heterocycles. The largest absolute Gasteiger partial charge is 0.322 e. The van der Waals surface area contributed by atoms with Crippen LogP contribution in [0.15, 0.2) is 53.4 Å². The average Bonchev–Trinajstić information content (AvgIpc) is 3.01. The first-order valence-corrected chi connectivity index (χ1v) is 10.8. The van der Waals surface area contributed by atoms with E-state index in [9.17, 15) is 22.8 Å². The van der Waals surface area contributed by atoms with Gasteiger partial charge in [0, 0.05) is 18.5 Å². The van der Waals surface area contributed by atoms with Crippen molar-refractivity contribution in [1.82, 2.24) is 4.90 Å². The molecule has 1 fully saturated rings. The summed E-state index contributed by atoms with van der Waals surface area (Å²) in [5.74, 6) is -0.895. The summed E-state index contributed by atoms with van der Waals surface area (Å²) in [7, 11) is -3.61. The molecule has 1 heterocycles. The number of carbonyl (C=O) groups excluding carboxylic acids is 3. The zero-order chi connectivity index (χ0) is 21.2. The molecule has 0 radical (unpaired) electrons. The van der Waals surface area contributed by atoms with Gasteiger partial charge in [0.05, 0.1) is 22.3 Å². The molecule has 0 spiro atoms. The zero-order valence-electron chi connectivity index (χ0n) is 16.2. The Hall–Kier alpha value is -3.00. The molecule has 152 valence electrons. The maximum atomic E-state index is 12.7. The number of amides is 3. The molecular weight excluding hydrogens is 392 g/mol. The molecule has 0 bridgehead atoms. The third-order valence-corrected chi connectivity index (χ3v) is 6.98. The first-order chi connectivity index (χ1) is 13.7. The van der Waals surface area contributed by atoms with Crippen molar-refractivity contribution in [2.45, 2.75) is 43.4 Å². The number of anilines is 1. The summed E-state index contributed by atoms with van der Waals surface area (Å²) >= 11 is 0. The molecule has 1 N–H and O–H groups in total. The van der Waals surface area contributed by atoms with Crippen LogP contribution in [0.3, 0.4) is 0 Å². The van der Waals surface area contributed by atoms with Crippen LogP contribution in [-0.2, 0) is 26.0 Å². The van der Waals surface area contributed by atoms with Gasteiger partial charge in [-0.2, -0.15) is 0 Å². The fraction of sp³-hybridized carbons (Fsp3) is 0.286. The van der Waals surface area contributed by atoms with Crippen LogP contribution in [0.1, 0.15) is 42.6 Å². The quantitative estimate of drug-likeness (QED) is 0.733. The molecule has 3 rings (SSSR count). The molecule has 29 heavy (non-hydrogen) atoms. The Morgan fingerprint density at radius 2 is 1.59 bits per heavy atom. The third-order valence-electron chi connectivity index (χ3n) is 4.77. The van der Waals surface area contributed by atoms with Gasteiger partial charge in [-0.1, -0.05) is 24.3 Å². The summed E-state index contributed by atoms with van der Waals surface area (Å²) in [4.78, 5) is 37.3. The number of hydrogen-bond acceptors (Lipinski definition) is 5. The van der Waals surface area contributed by atoms with E-state index in [0.29, 0.717) is 5.69 Å². The SMILES string of the molecule is CC(C)S(=O)(=O)c1ccccc1C(=O)Nc1ccc(CN2C(=O)CCC2=O)cc1. The van der Waals surface area contributed by atoms with Crippen molar-refractivity contribution < 1.29 is 22.8 Å². The molecule has 0 unspecified atom stereocenters. The maximum Gasteiger partial charge on any atom is 0.256 e. The molecule has 3 amide bonds. The Kier molecular flexibility index (Phi) is 5.83. The molecule has 1 saturated heterocycles. The average molecular weight is 414 g/mol. The number of likely N-dealkylation sites (tertiary alicyclic amines) is 1. The van der Waals surface area contributed by atoms with Crippen LogP contribution in [0, 0.1) is 0 Å².